The first-order valence-electron chi connectivity index (χ1n) is 8.53. The SMILES string of the molecule is CCOc1ccccc1NC(=O)C1=NN(C2CCS(=O)(=O)C2)C(=O)CC1. The van der Waals surface area contributed by atoms with E-state index in [2.05, 4.69) is 10.4 Å². The van der Waals surface area contributed by atoms with Gasteiger partial charge in [-0.15, -0.1) is 0 Å². The number of carbonyl (C=O) groups excluding carboxylic acids is 2. The molecule has 1 unspecified atom stereocenters. The molecule has 26 heavy (non-hydrogen) atoms. The zero-order valence-corrected chi connectivity index (χ0v) is 15.3. The number of nitrogens with one attached hydrogen (secondary N) is 1. The van der Waals surface area contributed by atoms with Crippen LogP contribution in [0.3, 0.4) is 0 Å². The van der Waals surface area contributed by atoms with Gasteiger partial charge < -0.3 is 10.1 Å². The lowest BCUT2D eigenvalue weighted by molar-refractivity contribution is -0.133. The fourth-order valence-corrected chi connectivity index (χ4v) is 4.73. The molecule has 2 amide bonds. The second kappa shape index (κ2) is 7.45. The van der Waals surface area contributed by atoms with Crippen molar-refractivity contribution in [2.75, 3.05) is 23.4 Å². The van der Waals surface area contributed by atoms with Crippen LogP contribution in [0.1, 0.15) is 26.2 Å². The van der Waals surface area contributed by atoms with Crippen molar-refractivity contribution >= 4 is 33.1 Å². The first-order chi connectivity index (χ1) is 12.4. The molecule has 9 heteroatoms. The predicted octanol–water partition coefficient (Wildman–Crippen LogP) is 1.19. The zero-order valence-electron chi connectivity index (χ0n) is 14.5. The van der Waals surface area contributed by atoms with E-state index in [1.165, 1.54) is 5.01 Å². The van der Waals surface area contributed by atoms with Gasteiger partial charge in [0.05, 0.1) is 29.8 Å². The van der Waals surface area contributed by atoms with Crippen LogP contribution >= 0.6 is 0 Å². The highest BCUT2D eigenvalue weighted by Gasteiger charge is 2.37. The molecule has 3 rings (SSSR count). The van der Waals surface area contributed by atoms with E-state index in [9.17, 15) is 18.0 Å². The average molecular weight is 379 g/mol. The molecule has 0 spiro atoms. The Kier molecular flexibility index (Phi) is 5.26. The molecule has 0 aromatic heterocycles. The van der Waals surface area contributed by atoms with Crippen molar-refractivity contribution in [2.24, 2.45) is 5.10 Å². The van der Waals surface area contributed by atoms with Gasteiger partial charge in [0.2, 0.25) is 5.91 Å². The molecule has 2 heterocycles. The highest BCUT2D eigenvalue weighted by atomic mass is 32.2. The second-order valence-corrected chi connectivity index (χ2v) is 8.45. The fraction of sp³-hybridized carbons (Fsp3) is 0.471. The van der Waals surface area contributed by atoms with Gasteiger partial charge in [-0.2, -0.15) is 5.10 Å². The number of ether oxygens (including phenoxy) is 1. The Bertz CT molecular complexity index is 850. The number of sulfone groups is 1. The second-order valence-electron chi connectivity index (χ2n) is 6.23. The number of hydrogen-bond acceptors (Lipinski definition) is 6. The van der Waals surface area contributed by atoms with Crippen molar-refractivity contribution in [3.05, 3.63) is 24.3 Å². The van der Waals surface area contributed by atoms with E-state index in [0.29, 0.717) is 24.5 Å². The normalized spacial score (nSPS) is 22.0. The Morgan fingerprint density at radius 3 is 2.81 bits per heavy atom. The number of hydrazone groups is 1. The predicted molar refractivity (Wildman–Crippen MR) is 96.8 cm³/mol. The summed E-state index contributed by atoms with van der Waals surface area (Å²) in [6.07, 6.45) is 0.701. The lowest BCUT2D eigenvalue weighted by Gasteiger charge is -2.27. The van der Waals surface area contributed by atoms with Crippen molar-refractivity contribution < 1.29 is 22.7 Å². The van der Waals surface area contributed by atoms with Crippen molar-refractivity contribution in [3.8, 4) is 5.75 Å². The highest BCUT2D eigenvalue weighted by Crippen LogP contribution is 2.25. The third-order valence-electron chi connectivity index (χ3n) is 4.31. The summed E-state index contributed by atoms with van der Waals surface area (Å²) in [6, 6.07) is 6.56. The molecular formula is C17H21N3O5S. The molecule has 1 saturated heterocycles. The fourth-order valence-electron chi connectivity index (χ4n) is 3.03. The lowest BCUT2D eigenvalue weighted by atomic mass is 10.1. The van der Waals surface area contributed by atoms with Gasteiger partial charge in [0, 0.05) is 12.8 Å². The zero-order chi connectivity index (χ0) is 18.7. The molecule has 2 aliphatic rings. The van der Waals surface area contributed by atoms with Gasteiger partial charge in [-0.1, -0.05) is 12.1 Å². The number of benzene rings is 1. The first-order valence-corrected chi connectivity index (χ1v) is 10.3. The van der Waals surface area contributed by atoms with Crippen LogP contribution in [0.25, 0.3) is 0 Å². The van der Waals surface area contributed by atoms with Gasteiger partial charge in [-0.05, 0) is 25.5 Å². The molecule has 1 atom stereocenters. The molecule has 1 aromatic carbocycles. The van der Waals surface area contributed by atoms with Gasteiger partial charge in [-0.25, -0.2) is 13.4 Å². The van der Waals surface area contributed by atoms with Gasteiger partial charge in [0.1, 0.15) is 11.5 Å². The molecule has 0 saturated carbocycles. The molecule has 1 fully saturated rings. The molecule has 0 radical (unpaired) electrons. The lowest BCUT2D eigenvalue weighted by Crippen LogP contribution is -2.42. The summed E-state index contributed by atoms with van der Waals surface area (Å²) < 4.78 is 28.8. The molecule has 0 bridgehead atoms. The summed E-state index contributed by atoms with van der Waals surface area (Å²) in [4.78, 5) is 24.7. The van der Waals surface area contributed by atoms with Gasteiger partial charge in [0.15, 0.2) is 9.84 Å². The number of para-hydroxylation sites is 2. The van der Waals surface area contributed by atoms with E-state index in [1.54, 1.807) is 24.3 Å². The maximum absolute atomic E-state index is 12.6. The number of rotatable bonds is 5. The third-order valence-corrected chi connectivity index (χ3v) is 6.06. The van der Waals surface area contributed by atoms with E-state index in [4.69, 9.17) is 4.74 Å². The van der Waals surface area contributed by atoms with Crippen molar-refractivity contribution in [1.82, 2.24) is 5.01 Å². The minimum absolute atomic E-state index is 0.0419. The van der Waals surface area contributed by atoms with Crippen molar-refractivity contribution in [3.63, 3.8) is 0 Å². The Morgan fingerprint density at radius 1 is 1.35 bits per heavy atom. The number of nitrogens with zero attached hydrogens (tertiary/aromatic N) is 2. The first kappa shape index (κ1) is 18.4. The molecule has 1 N–H and O–H groups in total. The van der Waals surface area contributed by atoms with Crippen LogP contribution in [0.4, 0.5) is 5.69 Å². The van der Waals surface area contributed by atoms with Crippen LogP contribution in [-0.2, 0) is 19.4 Å². The van der Waals surface area contributed by atoms with E-state index < -0.39 is 21.8 Å². The summed E-state index contributed by atoms with van der Waals surface area (Å²) in [5.41, 5.74) is 0.731. The minimum atomic E-state index is -3.15. The average Bonchev–Trinajstić information content (AvgIpc) is 2.97. The molecular weight excluding hydrogens is 358 g/mol. The largest absolute Gasteiger partial charge is 0.492 e. The van der Waals surface area contributed by atoms with Crippen LogP contribution in [0.5, 0.6) is 5.75 Å². The maximum Gasteiger partial charge on any atom is 0.271 e. The number of hydrogen-bond donors (Lipinski definition) is 1. The summed E-state index contributed by atoms with van der Waals surface area (Å²) >= 11 is 0. The summed E-state index contributed by atoms with van der Waals surface area (Å²) in [5.74, 6) is -0.187. The Labute approximate surface area is 152 Å². The molecule has 140 valence electrons. The topological polar surface area (TPSA) is 105 Å². The quantitative estimate of drug-likeness (QED) is 0.827. The summed E-state index contributed by atoms with van der Waals surface area (Å²) in [7, 11) is -3.15. The van der Waals surface area contributed by atoms with Crippen molar-refractivity contribution in [2.45, 2.75) is 32.2 Å². The number of carbonyl (C=O) groups is 2. The monoisotopic (exact) mass is 379 g/mol. The summed E-state index contributed by atoms with van der Waals surface area (Å²) in [6.45, 7) is 2.31. The molecule has 1 aromatic rings. The standard InChI is InChI=1S/C17H21N3O5S/c1-2-25-15-6-4-3-5-13(15)18-17(22)14-7-8-16(21)20(19-14)12-9-10-26(23,24)11-12/h3-6,12H,2,7-11H2,1H3,(H,18,22). The van der Waals surface area contributed by atoms with E-state index in [-0.39, 0.29) is 36.0 Å². The molecule has 0 aliphatic carbocycles. The van der Waals surface area contributed by atoms with Crippen LogP contribution in [0.15, 0.2) is 29.4 Å². The highest BCUT2D eigenvalue weighted by molar-refractivity contribution is 7.91. The van der Waals surface area contributed by atoms with Gasteiger partial charge in [0.25, 0.3) is 5.91 Å². The molecule has 8 nitrogen and oxygen atoms in total. The third kappa shape index (κ3) is 4.04. The Morgan fingerprint density at radius 2 is 2.12 bits per heavy atom. The van der Waals surface area contributed by atoms with E-state index in [1.807, 2.05) is 6.92 Å². The number of anilines is 1. The molecule has 2 aliphatic heterocycles. The smallest absolute Gasteiger partial charge is 0.271 e. The number of amides is 2. The Hall–Kier alpha value is -2.42. The van der Waals surface area contributed by atoms with Crippen LogP contribution < -0.4 is 10.1 Å². The van der Waals surface area contributed by atoms with Crippen molar-refractivity contribution in [1.29, 1.82) is 0 Å². The summed E-state index contributed by atoms with van der Waals surface area (Å²) in [5, 5.41) is 8.10. The van der Waals surface area contributed by atoms with Crippen LogP contribution in [0, 0.1) is 0 Å². The minimum Gasteiger partial charge on any atom is -0.492 e. The van der Waals surface area contributed by atoms with E-state index >= 15 is 0 Å². The van der Waals surface area contributed by atoms with Gasteiger partial charge in [-0.3, -0.25) is 9.59 Å². The Balaban J connectivity index is 1.77. The van der Waals surface area contributed by atoms with Crippen LogP contribution in [-0.4, -0.2) is 55.1 Å². The van der Waals surface area contributed by atoms with Gasteiger partial charge >= 0.3 is 0 Å². The maximum atomic E-state index is 12.6. The van der Waals surface area contributed by atoms with Crippen LogP contribution in [0.2, 0.25) is 0 Å². The van der Waals surface area contributed by atoms with E-state index in [0.717, 1.165) is 0 Å².